The van der Waals surface area contributed by atoms with Crippen LogP contribution < -0.4 is 0 Å². The van der Waals surface area contributed by atoms with Gasteiger partial charge in [0.05, 0.1) is 23.2 Å². The Balaban J connectivity index is 1.85. The molecule has 0 saturated carbocycles. The van der Waals surface area contributed by atoms with Gasteiger partial charge in [-0.2, -0.15) is 0 Å². The average Bonchev–Trinajstić information content (AvgIpc) is 3.20. The Labute approximate surface area is 150 Å². The van der Waals surface area contributed by atoms with Gasteiger partial charge in [-0.25, -0.2) is 4.98 Å². The second kappa shape index (κ2) is 7.33. The van der Waals surface area contributed by atoms with E-state index in [4.69, 9.17) is 9.84 Å². The molecule has 1 aromatic heterocycles. The quantitative estimate of drug-likeness (QED) is 0.887. The number of hydrogen-bond acceptors (Lipinski definition) is 5. The fraction of sp³-hybridized carbons (Fsp3) is 0.389. The maximum atomic E-state index is 12.9. The first-order chi connectivity index (χ1) is 12.0. The van der Waals surface area contributed by atoms with Crippen molar-refractivity contribution in [3.8, 4) is 11.3 Å². The Morgan fingerprint density at radius 3 is 2.88 bits per heavy atom. The number of benzene rings is 1. The summed E-state index contributed by atoms with van der Waals surface area (Å²) in [5, 5.41) is 12.0. The number of thiazole rings is 1. The molecule has 1 aliphatic heterocycles. The number of likely N-dealkylation sites (tertiary alicyclic amines) is 1. The third kappa shape index (κ3) is 3.88. The minimum absolute atomic E-state index is 0.0728. The number of carboxylic acids is 1. The molecule has 1 N–H and O–H groups in total. The van der Waals surface area contributed by atoms with Crippen molar-refractivity contribution in [2.45, 2.75) is 31.9 Å². The van der Waals surface area contributed by atoms with Crippen LogP contribution in [0.3, 0.4) is 0 Å². The van der Waals surface area contributed by atoms with E-state index in [1.54, 1.807) is 29.4 Å². The molecule has 0 bridgehead atoms. The molecule has 1 aliphatic rings. The molecule has 1 saturated heterocycles. The molecule has 0 radical (unpaired) electrons. The summed E-state index contributed by atoms with van der Waals surface area (Å²) in [7, 11) is 1.58. The molecule has 2 heterocycles. The molecule has 0 spiro atoms. The molecular formula is C18H20N2O4S. The number of aromatic nitrogens is 1. The van der Waals surface area contributed by atoms with Crippen molar-refractivity contribution in [1.82, 2.24) is 9.88 Å². The van der Waals surface area contributed by atoms with Crippen LogP contribution in [0.1, 0.15) is 28.2 Å². The van der Waals surface area contributed by atoms with Crippen LogP contribution in [0.4, 0.5) is 0 Å². The van der Waals surface area contributed by atoms with Crippen molar-refractivity contribution in [2.75, 3.05) is 13.7 Å². The van der Waals surface area contributed by atoms with E-state index in [0.29, 0.717) is 18.5 Å². The topological polar surface area (TPSA) is 79.7 Å². The smallest absolute Gasteiger partial charge is 0.305 e. The van der Waals surface area contributed by atoms with Crippen LogP contribution in [0.25, 0.3) is 11.3 Å². The van der Waals surface area contributed by atoms with Gasteiger partial charge in [-0.3, -0.25) is 9.59 Å². The molecule has 132 valence electrons. The highest BCUT2D eigenvalue weighted by Gasteiger charge is 2.36. The molecule has 2 atom stereocenters. The number of methoxy groups -OCH3 is 1. The number of nitrogens with zero attached hydrogens (tertiary/aromatic N) is 2. The SMILES string of the molecule is COC1CC(CC(=O)O)N(C(=O)c2cccc(-c3csc(C)n3)c2)C1. The summed E-state index contributed by atoms with van der Waals surface area (Å²) in [5.74, 6) is -1.08. The first kappa shape index (κ1) is 17.6. The first-order valence-electron chi connectivity index (χ1n) is 8.06. The summed E-state index contributed by atoms with van der Waals surface area (Å²) >= 11 is 1.56. The highest BCUT2D eigenvalue weighted by atomic mass is 32.1. The molecule has 6 nitrogen and oxygen atoms in total. The number of carboxylic acid groups (broad SMARTS) is 1. The lowest BCUT2D eigenvalue weighted by Crippen LogP contribution is -2.37. The van der Waals surface area contributed by atoms with Gasteiger partial charge in [-0.15, -0.1) is 11.3 Å². The molecule has 25 heavy (non-hydrogen) atoms. The van der Waals surface area contributed by atoms with Gasteiger partial charge in [-0.1, -0.05) is 12.1 Å². The van der Waals surface area contributed by atoms with Crippen LogP contribution in [0.15, 0.2) is 29.6 Å². The summed E-state index contributed by atoms with van der Waals surface area (Å²) in [6, 6.07) is 6.97. The van der Waals surface area contributed by atoms with E-state index in [0.717, 1.165) is 16.3 Å². The molecule has 1 fully saturated rings. The van der Waals surface area contributed by atoms with E-state index in [2.05, 4.69) is 4.98 Å². The molecule has 0 aliphatic carbocycles. The highest BCUT2D eigenvalue weighted by molar-refractivity contribution is 7.09. The zero-order chi connectivity index (χ0) is 18.0. The molecular weight excluding hydrogens is 340 g/mol. The number of ether oxygens (including phenoxy) is 1. The molecule has 2 aromatic rings. The number of aliphatic carboxylic acids is 1. The predicted molar refractivity (Wildman–Crippen MR) is 94.8 cm³/mol. The second-order valence-electron chi connectivity index (χ2n) is 6.14. The van der Waals surface area contributed by atoms with E-state index in [-0.39, 0.29) is 24.5 Å². The van der Waals surface area contributed by atoms with Gasteiger partial charge in [0.2, 0.25) is 0 Å². The van der Waals surface area contributed by atoms with Gasteiger partial charge in [0.15, 0.2) is 0 Å². The summed E-state index contributed by atoms with van der Waals surface area (Å²) in [6.45, 7) is 2.35. The van der Waals surface area contributed by atoms with E-state index in [1.807, 2.05) is 30.5 Å². The van der Waals surface area contributed by atoms with Gasteiger partial charge in [0, 0.05) is 36.2 Å². The molecule has 1 amide bonds. The largest absolute Gasteiger partial charge is 0.481 e. The van der Waals surface area contributed by atoms with Gasteiger partial charge in [0.1, 0.15) is 0 Å². The van der Waals surface area contributed by atoms with E-state index in [9.17, 15) is 9.59 Å². The summed E-state index contributed by atoms with van der Waals surface area (Å²) in [5.41, 5.74) is 2.26. The average molecular weight is 360 g/mol. The van der Waals surface area contributed by atoms with Crippen molar-refractivity contribution in [1.29, 1.82) is 0 Å². The van der Waals surface area contributed by atoms with Crippen LogP contribution in [0.2, 0.25) is 0 Å². The lowest BCUT2D eigenvalue weighted by Gasteiger charge is -2.23. The summed E-state index contributed by atoms with van der Waals surface area (Å²) in [4.78, 5) is 30.1. The van der Waals surface area contributed by atoms with Crippen molar-refractivity contribution < 1.29 is 19.4 Å². The number of hydrogen-bond donors (Lipinski definition) is 1. The maximum absolute atomic E-state index is 12.9. The highest BCUT2D eigenvalue weighted by Crippen LogP contribution is 2.27. The van der Waals surface area contributed by atoms with Crippen LogP contribution in [-0.4, -0.2) is 52.7 Å². The van der Waals surface area contributed by atoms with Crippen molar-refractivity contribution >= 4 is 23.2 Å². The summed E-state index contributed by atoms with van der Waals surface area (Å²) in [6.07, 6.45) is 0.341. The minimum atomic E-state index is -0.911. The standard InChI is InChI=1S/C18H20N2O4S/c1-11-19-16(10-25-11)12-4-3-5-13(6-12)18(23)20-9-15(24-2)7-14(20)8-17(21)22/h3-6,10,14-15H,7-9H2,1-2H3,(H,21,22). The van der Waals surface area contributed by atoms with Crippen molar-refractivity contribution in [3.63, 3.8) is 0 Å². The van der Waals surface area contributed by atoms with Crippen LogP contribution in [0, 0.1) is 6.92 Å². The zero-order valence-electron chi connectivity index (χ0n) is 14.1. The maximum Gasteiger partial charge on any atom is 0.305 e. The molecule has 2 unspecified atom stereocenters. The predicted octanol–water partition coefficient (Wildman–Crippen LogP) is 2.82. The summed E-state index contributed by atoms with van der Waals surface area (Å²) < 4.78 is 5.34. The number of aryl methyl sites for hydroxylation is 1. The van der Waals surface area contributed by atoms with Gasteiger partial charge >= 0.3 is 5.97 Å². The monoisotopic (exact) mass is 360 g/mol. The van der Waals surface area contributed by atoms with Crippen molar-refractivity contribution in [3.05, 3.63) is 40.2 Å². The second-order valence-corrected chi connectivity index (χ2v) is 7.20. The third-order valence-corrected chi connectivity index (χ3v) is 5.18. The minimum Gasteiger partial charge on any atom is -0.481 e. The number of rotatable bonds is 5. The number of carbonyl (C=O) groups excluding carboxylic acids is 1. The molecule has 1 aromatic carbocycles. The lowest BCUT2D eigenvalue weighted by molar-refractivity contribution is -0.137. The Hall–Kier alpha value is -2.25. The van der Waals surface area contributed by atoms with Gasteiger partial charge < -0.3 is 14.7 Å². The Morgan fingerprint density at radius 2 is 2.24 bits per heavy atom. The Kier molecular flexibility index (Phi) is 5.15. The van der Waals surface area contributed by atoms with Crippen LogP contribution in [0.5, 0.6) is 0 Å². The fourth-order valence-electron chi connectivity index (χ4n) is 3.16. The van der Waals surface area contributed by atoms with Crippen LogP contribution >= 0.6 is 11.3 Å². The van der Waals surface area contributed by atoms with E-state index in [1.165, 1.54) is 0 Å². The molecule has 7 heteroatoms. The normalized spacial score (nSPS) is 20.0. The number of carbonyl (C=O) groups is 2. The zero-order valence-corrected chi connectivity index (χ0v) is 15.0. The van der Waals surface area contributed by atoms with E-state index >= 15 is 0 Å². The van der Waals surface area contributed by atoms with Crippen LogP contribution in [-0.2, 0) is 9.53 Å². The lowest BCUT2D eigenvalue weighted by atomic mass is 10.1. The van der Waals surface area contributed by atoms with Crippen molar-refractivity contribution in [2.24, 2.45) is 0 Å². The third-order valence-electron chi connectivity index (χ3n) is 4.40. The fourth-order valence-corrected chi connectivity index (χ4v) is 3.78. The Morgan fingerprint density at radius 1 is 1.44 bits per heavy atom. The molecule has 3 rings (SSSR count). The van der Waals surface area contributed by atoms with E-state index < -0.39 is 5.97 Å². The Bertz CT molecular complexity index is 789. The van der Waals surface area contributed by atoms with Gasteiger partial charge in [-0.05, 0) is 25.5 Å². The first-order valence-corrected chi connectivity index (χ1v) is 8.94. The van der Waals surface area contributed by atoms with Gasteiger partial charge in [0.25, 0.3) is 5.91 Å². The number of amides is 1.